The summed E-state index contributed by atoms with van der Waals surface area (Å²) < 4.78 is 1.66. The Labute approximate surface area is 126 Å². The predicted octanol–water partition coefficient (Wildman–Crippen LogP) is 2.49. The third kappa shape index (κ3) is 2.54. The van der Waals surface area contributed by atoms with Gasteiger partial charge >= 0.3 is 0 Å². The van der Waals surface area contributed by atoms with Gasteiger partial charge in [0.05, 0.1) is 11.3 Å². The first kappa shape index (κ1) is 13.8. The first-order chi connectivity index (χ1) is 10.5. The van der Waals surface area contributed by atoms with Crippen LogP contribution in [0.2, 0.25) is 0 Å². The molecule has 0 aliphatic carbocycles. The smallest absolute Gasteiger partial charge is 0.259 e. The van der Waals surface area contributed by atoms with Crippen LogP contribution in [0.5, 0.6) is 5.75 Å². The van der Waals surface area contributed by atoms with Gasteiger partial charge in [0, 0.05) is 19.3 Å². The van der Waals surface area contributed by atoms with Crippen molar-refractivity contribution in [2.45, 2.75) is 6.92 Å². The predicted molar refractivity (Wildman–Crippen MR) is 81.3 cm³/mol. The van der Waals surface area contributed by atoms with Crippen molar-refractivity contribution in [1.29, 1.82) is 0 Å². The Hall–Kier alpha value is -3.15. The number of rotatable bonds is 3. The Kier molecular flexibility index (Phi) is 3.34. The Bertz CT molecular complexity index is 883. The third-order valence-corrected chi connectivity index (χ3v) is 3.22. The van der Waals surface area contributed by atoms with Gasteiger partial charge in [0.25, 0.3) is 5.91 Å². The number of pyridine rings is 1. The molecule has 6 heteroatoms. The minimum Gasteiger partial charge on any atom is -0.507 e. The van der Waals surface area contributed by atoms with Crippen molar-refractivity contribution in [3.8, 4) is 5.75 Å². The summed E-state index contributed by atoms with van der Waals surface area (Å²) >= 11 is 0. The number of hydrogen-bond acceptors (Lipinski definition) is 4. The van der Waals surface area contributed by atoms with Crippen molar-refractivity contribution in [1.82, 2.24) is 9.38 Å². The summed E-state index contributed by atoms with van der Waals surface area (Å²) in [6.45, 7) is 1.45. The molecular weight excluding hydrogens is 282 g/mol. The Morgan fingerprint density at radius 1 is 1.14 bits per heavy atom. The number of imidazole rings is 1. The summed E-state index contributed by atoms with van der Waals surface area (Å²) in [6.07, 6.45) is 3.26. The second-order valence-corrected chi connectivity index (χ2v) is 4.84. The van der Waals surface area contributed by atoms with Gasteiger partial charge in [-0.25, -0.2) is 4.98 Å². The Morgan fingerprint density at radius 2 is 1.91 bits per heavy atom. The molecule has 0 unspecified atom stereocenters. The summed E-state index contributed by atoms with van der Waals surface area (Å²) in [6, 6.07) is 9.69. The van der Waals surface area contributed by atoms with Gasteiger partial charge in [0.15, 0.2) is 5.78 Å². The van der Waals surface area contributed by atoms with E-state index in [0.717, 1.165) is 0 Å². The molecule has 3 aromatic rings. The number of para-hydroxylation sites is 1. The highest BCUT2D eigenvalue weighted by Gasteiger charge is 2.11. The standard InChI is InChI=1S/C16H13N3O3/c1-10(20)13-9-19-8-11(6-7-15(19)18-13)17-16(22)12-4-2-3-5-14(12)21/h2-9,21H,1H3,(H,17,22). The number of aromatic nitrogens is 2. The summed E-state index contributed by atoms with van der Waals surface area (Å²) in [5.41, 5.74) is 1.71. The minimum absolute atomic E-state index is 0.0809. The number of anilines is 1. The van der Waals surface area contributed by atoms with Crippen molar-refractivity contribution in [3.05, 3.63) is 60.0 Å². The zero-order chi connectivity index (χ0) is 15.7. The van der Waals surface area contributed by atoms with E-state index >= 15 is 0 Å². The van der Waals surface area contributed by atoms with E-state index in [1.54, 1.807) is 41.1 Å². The second-order valence-electron chi connectivity index (χ2n) is 4.84. The highest BCUT2D eigenvalue weighted by Crippen LogP contribution is 2.18. The number of aromatic hydroxyl groups is 1. The maximum atomic E-state index is 12.1. The quantitative estimate of drug-likeness (QED) is 0.727. The van der Waals surface area contributed by atoms with Crippen LogP contribution in [0.4, 0.5) is 5.69 Å². The first-order valence-corrected chi connectivity index (χ1v) is 6.63. The van der Waals surface area contributed by atoms with Crippen LogP contribution in [0.25, 0.3) is 5.65 Å². The van der Waals surface area contributed by atoms with Crippen LogP contribution in [0.1, 0.15) is 27.8 Å². The van der Waals surface area contributed by atoms with Gasteiger partial charge in [0.2, 0.25) is 0 Å². The lowest BCUT2D eigenvalue weighted by Crippen LogP contribution is -2.12. The number of Topliss-reactive ketones (excluding diaryl/α,β-unsaturated/α-hetero) is 1. The fourth-order valence-corrected chi connectivity index (χ4v) is 2.10. The number of phenolic OH excluding ortho intramolecular Hbond substituents is 1. The highest BCUT2D eigenvalue weighted by molar-refractivity contribution is 6.06. The average molecular weight is 295 g/mol. The third-order valence-electron chi connectivity index (χ3n) is 3.22. The van der Waals surface area contributed by atoms with E-state index in [1.165, 1.54) is 19.1 Å². The second kappa shape index (κ2) is 5.33. The monoisotopic (exact) mass is 295 g/mol. The molecule has 0 aliphatic heterocycles. The van der Waals surface area contributed by atoms with Crippen LogP contribution < -0.4 is 5.32 Å². The number of benzene rings is 1. The van der Waals surface area contributed by atoms with Crippen LogP contribution >= 0.6 is 0 Å². The van der Waals surface area contributed by atoms with Crippen molar-refractivity contribution in [2.24, 2.45) is 0 Å². The molecule has 2 N–H and O–H groups in total. The molecule has 2 aromatic heterocycles. The van der Waals surface area contributed by atoms with E-state index in [4.69, 9.17) is 0 Å². The van der Waals surface area contributed by atoms with E-state index in [1.807, 2.05) is 0 Å². The van der Waals surface area contributed by atoms with Crippen LogP contribution in [0.15, 0.2) is 48.8 Å². The van der Waals surface area contributed by atoms with Crippen LogP contribution in [0.3, 0.4) is 0 Å². The molecule has 0 radical (unpaired) electrons. The normalized spacial score (nSPS) is 10.6. The molecule has 0 fully saturated rings. The fraction of sp³-hybridized carbons (Fsp3) is 0.0625. The van der Waals surface area contributed by atoms with Crippen molar-refractivity contribution < 1.29 is 14.7 Å². The summed E-state index contributed by atoms with van der Waals surface area (Å²) in [4.78, 5) is 27.6. The van der Waals surface area contributed by atoms with E-state index in [2.05, 4.69) is 10.3 Å². The molecule has 0 saturated heterocycles. The fourth-order valence-electron chi connectivity index (χ4n) is 2.10. The number of amides is 1. The molecule has 1 amide bonds. The molecule has 0 bridgehead atoms. The Morgan fingerprint density at radius 3 is 2.64 bits per heavy atom. The number of nitrogens with one attached hydrogen (secondary N) is 1. The maximum absolute atomic E-state index is 12.1. The number of ketones is 1. The van der Waals surface area contributed by atoms with Gasteiger partial charge in [-0.2, -0.15) is 0 Å². The van der Waals surface area contributed by atoms with Gasteiger partial charge < -0.3 is 14.8 Å². The number of carbonyl (C=O) groups excluding carboxylic acids is 2. The summed E-state index contributed by atoms with van der Waals surface area (Å²) in [5.74, 6) is -0.615. The van der Waals surface area contributed by atoms with Crippen molar-refractivity contribution in [2.75, 3.05) is 5.32 Å². The summed E-state index contributed by atoms with van der Waals surface area (Å²) in [7, 11) is 0. The van der Waals surface area contributed by atoms with Crippen LogP contribution in [0, 0.1) is 0 Å². The molecule has 110 valence electrons. The molecule has 6 nitrogen and oxygen atoms in total. The van der Waals surface area contributed by atoms with Gasteiger partial charge in [-0.15, -0.1) is 0 Å². The molecule has 22 heavy (non-hydrogen) atoms. The molecule has 0 spiro atoms. The van der Waals surface area contributed by atoms with Gasteiger partial charge in [-0.3, -0.25) is 9.59 Å². The molecule has 1 aromatic carbocycles. The van der Waals surface area contributed by atoms with Crippen molar-refractivity contribution in [3.63, 3.8) is 0 Å². The number of carbonyl (C=O) groups is 2. The minimum atomic E-state index is -0.413. The molecule has 0 saturated carbocycles. The molecule has 3 rings (SSSR count). The molecule has 2 heterocycles. The molecule has 0 atom stereocenters. The van der Waals surface area contributed by atoms with E-state index in [-0.39, 0.29) is 17.1 Å². The lowest BCUT2D eigenvalue weighted by Gasteiger charge is -2.07. The largest absolute Gasteiger partial charge is 0.507 e. The lowest BCUT2D eigenvalue weighted by atomic mass is 10.2. The number of hydrogen-bond donors (Lipinski definition) is 2. The van der Waals surface area contributed by atoms with E-state index in [9.17, 15) is 14.7 Å². The van der Waals surface area contributed by atoms with Crippen LogP contribution in [-0.4, -0.2) is 26.2 Å². The maximum Gasteiger partial charge on any atom is 0.259 e. The van der Waals surface area contributed by atoms with Gasteiger partial charge in [-0.05, 0) is 24.3 Å². The summed E-state index contributed by atoms with van der Waals surface area (Å²) in [5, 5.41) is 12.4. The Balaban J connectivity index is 1.89. The van der Waals surface area contributed by atoms with Crippen LogP contribution in [-0.2, 0) is 0 Å². The average Bonchev–Trinajstić information content (AvgIpc) is 2.91. The molecule has 0 aliphatic rings. The lowest BCUT2D eigenvalue weighted by molar-refractivity contribution is 0.100. The van der Waals surface area contributed by atoms with Gasteiger partial charge in [0.1, 0.15) is 17.1 Å². The zero-order valence-electron chi connectivity index (χ0n) is 11.8. The topological polar surface area (TPSA) is 83.7 Å². The molecular formula is C16H13N3O3. The number of nitrogens with zero attached hydrogens (tertiary/aromatic N) is 2. The first-order valence-electron chi connectivity index (χ1n) is 6.63. The highest BCUT2D eigenvalue weighted by atomic mass is 16.3. The van der Waals surface area contributed by atoms with E-state index < -0.39 is 5.91 Å². The van der Waals surface area contributed by atoms with E-state index in [0.29, 0.717) is 17.0 Å². The van der Waals surface area contributed by atoms with Gasteiger partial charge in [-0.1, -0.05) is 12.1 Å². The number of fused-ring (bicyclic) bond motifs is 1. The van der Waals surface area contributed by atoms with Crippen molar-refractivity contribution >= 4 is 23.0 Å². The number of phenols is 1. The SMILES string of the molecule is CC(=O)c1cn2cc(NC(=O)c3ccccc3O)ccc2n1. The zero-order valence-corrected chi connectivity index (χ0v) is 11.8.